The van der Waals surface area contributed by atoms with E-state index in [1.165, 1.54) is 33.6 Å². The minimum atomic E-state index is 0.0853. The van der Waals surface area contributed by atoms with Gasteiger partial charge in [0, 0.05) is 35.5 Å². The molecule has 0 aliphatic rings. The minimum Gasteiger partial charge on any atom is -0.366 e. The van der Waals surface area contributed by atoms with Gasteiger partial charge in [-0.2, -0.15) is 0 Å². The minimum absolute atomic E-state index is 0.0853. The lowest BCUT2D eigenvalue weighted by molar-refractivity contribution is 0.466. The lowest BCUT2D eigenvalue weighted by atomic mass is 9.98. The highest BCUT2D eigenvalue weighted by Gasteiger charge is 2.27. The van der Waals surface area contributed by atoms with Gasteiger partial charge in [0.1, 0.15) is 0 Å². The van der Waals surface area contributed by atoms with Crippen LogP contribution in [-0.2, 0) is 0 Å². The average molecular weight is 395 g/mol. The van der Waals surface area contributed by atoms with Crippen LogP contribution < -0.4 is 9.80 Å². The Balaban J connectivity index is 2.29. The molecule has 2 nitrogen and oxygen atoms in total. The second-order valence-electron chi connectivity index (χ2n) is 10.5. The number of hydrogen-bond donors (Lipinski definition) is 0. The first-order valence-electron chi connectivity index (χ1n) is 11.0. The number of anilines is 2. The zero-order chi connectivity index (χ0) is 22.0. The molecule has 2 rings (SSSR count). The van der Waals surface area contributed by atoms with Crippen molar-refractivity contribution in [2.24, 2.45) is 0 Å². The van der Waals surface area contributed by atoms with Gasteiger partial charge in [0.15, 0.2) is 0 Å². The molecule has 0 aliphatic heterocycles. The molecule has 0 bridgehead atoms. The van der Waals surface area contributed by atoms with Gasteiger partial charge in [0.25, 0.3) is 0 Å². The largest absolute Gasteiger partial charge is 0.366 e. The number of hydrogen-bond acceptors (Lipinski definition) is 2. The standard InChI is InChI=1S/C27H42N2/c1-20-14-11-15-21(2)24(20)28(26(5,6)7)18-13-19-29(27(8,9)10)25-22(3)16-12-17-23(25)4/h11-12,14-17H,13,18-19H2,1-10H3. The van der Waals surface area contributed by atoms with E-state index in [-0.39, 0.29) is 11.1 Å². The fourth-order valence-corrected chi connectivity index (χ4v) is 4.42. The first-order chi connectivity index (χ1) is 13.3. The SMILES string of the molecule is Cc1cccc(C)c1N(CCCN(c1c(C)cccc1C)C(C)(C)C)C(C)(C)C. The first kappa shape index (κ1) is 23.3. The summed E-state index contributed by atoms with van der Waals surface area (Å²) in [5.41, 5.74) is 8.42. The summed E-state index contributed by atoms with van der Waals surface area (Å²) in [5.74, 6) is 0. The van der Waals surface area contributed by atoms with E-state index in [9.17, 15) is 0 Å². The lowest BCUT2D eigenvalue weighted by Crippen LogP contribution is -2.46. The third-order valence-corrected chi connectivity index (χ3v) is 5.80. The van der Waals surface area contributed by atoms with Crippen LogP contribution in [0.5, 0.6) is 0 Å². The predicted molar refractivity (Wildman–Crippen MR) is 131 cm³/mol. The molecular weight excluding hydrogens is 352 g/mol. The van der Waals surface area contributed by atoms with Crippen LogP contribution in [0.3, 0.4) is 0 Å². The van der Waals surface area contributed by atoms with Gasteiger partial charge in [-0.1, -0.05) is 36.4 Å². The number of benzene rings is 2. The molecule has 0 atom stereocenters. The summed E-state index contributed by atoms with van der Waals surface area (Å²) in [7, 11) is 0. The van der Waals surface area contributed by atoms with Crippen LogP contribution in [0.25, 0.3) is 0 Å². The molecular formula is C27H42N2. The van der Waals surface area contributed by atoms with Crippen LogP contribution in [0.4, 0.5) is 11.4 Å². The van der Waals surface area contributed by atoms with Crippen molar-refractivity contribution in [2.45, 2.75) is 86.7 Å². The Labute approximate surface area is 179 Å². The fraction of sp³-hybridized carbons (Fsp3) is 0.556. The van der Waals surface area contributed by atoms with E-state index < -0.39 is 0 Å². The second kappa shape index (κ2) is 8.81. The third-order valence-electron chi connectivity index (χ3n) is 5.80. The fourth-order valence-electron chi connectivity index (χ4n) is 4.42. The molecule has 29 heavy (non-hydrogen) atoms. The van der Waals surface area contributed by atoms with Gasteiger partial charge in [0.2, 0.25) is 0 Å². The highest BCUT2D eigenvalue weighted by Crippen LogP contribution is 2.33. The van der Waals surface area contributed by atoms with E-state index >= 15 is 0 Å². The van der Waals surface area contributed by atoms with Crippen molar-refractivity contribution in [3.63, 3.8) is 0 Å². The smallest absolute Gasteiger partial charge is 0.0429 e. The normalized spacial score (nSPS) is 12.2. The van der Waals surface area contributed by atoms with Crippen LogP contribution in [0, 0.1) is 27.7 Å². The molecule has 0 amide bonds. The Hall–Kier alpha value is -1.96. The molecule has 0 radical (unpaired) electrons. The maximum Gasteiger partial charge on any atom is 0.0429 e. The molecule has 0 aromatic heterocycles. The summed E-state index contributed by atoms with van der Waals surface area (Å²) in [6.45, 7) is 25.0. The number of nitrogens with zero attached hydrogens (tertiary/aromatic N) is 2. The summed E-state index contributed by atoms with van der Waals surface area (Å²) in [6.07, 6.45) is 1.12. The van der Waals surface area contributed by atoms with Crippen LogP contribution in [0.2, 0.25) is 0 Å². The quantitative estimate of drug-likeness (QED) is 0.510. The zero-order valence-electron chi connectivity index (χ0n) is 20.5. The van der Waals surface area contributed by atoms with E-state index in [0.717, 1.165) is 19.5 Å². The van der Waals surface area contributed by atoms with Gasteiger partial charge < -0.3 is 9.80 Å². The first-order valence-corrected chi connectivity index (χ1v) is 11.0. The Morgan fingerprint density at radius 3 is 1.07 bits per heavy atom. The summed E-state index contributed by atoms with van der Waals surface area (Å²) in [6, 6.07) is 13.3. The van der Waals surface area contributed by atoms with E-state index in [1.807, 2.05) is 0 Å². The molecule has 0 unspecified atom stereocenters. The van der Waals surface area contributed by atoms with Crippen molar-refractivity contribution in [1.82, 2.24) is 0 Å². The molecule has 0 fully saturated rings. The van der Waals surface area contributed by atoms with Gasteiger partial charge in [-0.05, 0) is 97.9 Å². The van der Waals surface area contributed by atoms with E-state index in [2.05, 4.69) is 115 Å². The number of aryl methyl sites for hydroxylation is 4. The third kappa shape index (κ3) is 5.56. The highest BCUT2D eigenvalue weighted by molar-refractivity contribution is 5.61. The Morgan fingerprint density at radius 2 is 0.828 bits per heavy atom. The summed E-state index contributed by atoms with van der Waals surface area (Å²) in [4.78, 5) is 5.20. The van der Waals surface area contributed by atoms with Crippen LogP contribution in [0.1, 0.15) is 70.2 Å². The number of rotatable bonds is 6. The molecule has 0 N–H and O–H groups in total. The van der Waals surface area contributed by atoms with Crippen LogP contribution in [0.15, 0.2) is 36.4 Å². The van der Waals surface area contributed by atoms with Crippen molar-refractivity contribution in [3.05, 3.63) is 58.7 Å². The van der Waals surface area contributed by atoms with Gasteiger partial charge in [-0.15, -0.1) is 0 Å². The molecule has 2 heteroatoms. The molecule has 160 valence electrons. The topological polar surface area (TPSA) is 6.48 Å². The molecule has 0 saturated carbocycles. The van der Waals surface area contributed by atoms with Crippen molar-refractivity contribution in [3.8, 4) is 0 Å². The second-order valence-corrected chi connectivity index (χ2v) is 10.5. The molecule has 0 heterocycles. The van der Waals surface area contributed by atoms with E-state index in [1.54, 1.807) is 0 Å². The average Bonchev–Trinajstić information content (AvgIpc) is 2.56. The Bertz CT molecular complexity index is 711. The van der Waals surface area contributed by atoms with Crippen molar-refractivity contribution >= 4 is 11.4 Å². The van der Waals surface area contributed by atoms with Crippen LogP contribution >= 0.6 is 0 Å². The van der Waals surface area contributed by atoms with Crippen molar-refractivity contribution in [2.75, 3.05) is 22.9 Å². The Morgan fingerprint density at radius 1 is 0.552 bits per heavy atom. The van der Waals surface area contributed by atoms with E-state index in [4.69, 9.17) is 0 Å². The molecule has 0 saturated heterocycles. The predicted octanol–water partition coefficient (Wildman–Crippen LogP) is 7.22. The monoisotopic (exact) mass is 394 g/mol. The highest BCUT2D eigenvalue weighted by atomic mass is 15.2. The summed E-state index contributed by atoms with van der Waals surface area (Å²) < 4.78 is 0. The van der Waals surface area contributed by atoms with Gasteiger partial charge in [0.05, 0.1) is 0 Å². The summed E-state index contributed by atoms with van der Waals surface area (Å²) in [5, 5.41) is 0. The maximum absolute atomic E-state index is 2.60. The van der Waals surface area contributed by atoms with Crippen molar-refractivity contribution in [1.29, 1.82) is 0 Å². The van der Waals surface area contributed by atoms with Gasteiger partial charge in [-0.3, -0.25) is 0 Å². The van der Waals surface area contributed by atoms with Gasteiger partial charge in [-0.25, -0.2) is 0 Å². The lowest BCUT2D eigenvalue weighted by Gasteiger charge is -2.43. The van der Waals surface area contributed by atoms with Crippen LogP contribution in [-0.4, -0.2) is 24.2 Å². The van der Waals surface area contributed by atoms with E-state index in [0.29, 0.717) is 0 Å². The van der Waals surface area contributed by atoms with Gasteiger partial charge >= 0.3 is 0 Å². The number of para-hydroxylation sites is 2. The maximum atomic E-state index is 2.60. The molecule has 0 aliphatic carbocycles. The molecule has 0 spiro atoms. The zero-order valence-corrected chi connectivity index (χ0v) is 20.5. The molecule has 2 aromatic carbocycles. The Kier molecular flexibility index (Phi) is 7.09. The molecule has 2 aromatic rings. The summed E-state index contributed by atoms with van der Waals surface area (Å²) >= 11 is 0. The van der Waals surface area contributed by atoms with Crippen molar-refractivity contribution < 1.29 is 0 Å².